The summed E-state index contributed by atoms with van der Waals surface area (Å²) in [6, 6.07) is 17.2. The van der Waals surface area contributed by atoms with Crippen LogP contribution in [0.4, 0.5) is 5.69 Å². The lowest BCUT2D eigenvalue weighted by molar-refractivity contribution is -0.134. The third-order valence-corrected chi connectivity index (χ3v) is 6.72. The lowest BCUT2D eigenvalue weighted by Crippen LogP contribution is -2.49. The van der Waals surface area contributed by atoms with E-state index in [9.17, 15) is 14.7 Å². The van der Waals surface area contributed by atoms with Gasteiger partial charge in [-0.2, -0.15) is 0 Å². The fourth-order valence-electron chi connectivity index (χ4n) is 4.49. The number of nitrogens with one attached hydrogen (secondary N) is 1. The van der Waals surface area contributed by atoms with Crippen LogP contribution in [0.1, 0.15) is 50.2 Å². The van der Waals surface area contributed by atoms with E-state index in [0.29, 0.717) is 5.71 Å². The van der Waals surface area contributed by atoms with Crippen molar-refractivity contribution in [2.75, 3.05) is 18.6 Å². The average molecular weight is 464 g/mol. The van der Waals surface area contributed by atoms with Crippen LogP contribution >= 0.6 is 0 Å². The number of para-hydroxylation sites is 1. The van der Waals surface area contributed by atoms with Gasteiger partial charge >= 0.3 is 0 Å². The summed E-state index contributed by atoms with van der Waals surface area (Å²) in [7, 11) is 1.68. The Bertz CT molecular complexity index is 1030. The van der Waals surface area contributed by atoms with Crippen LogP contribution in [-0.2, 0) is 14.3 Å². The SMILES string of the molecule is CC(C(=O)NC1N=C(c2ccccc2)c2ccccc2N(C)C1=O)[C@H](O)COC1CCCCC1. The number of rotatable bonds is 7. The number of ether oxygens (including phenoxy) is 1. The summed E-state index contributed by atoms with van der Waals surface area (Å²) in [5.74, 6) is -1.52. The highest BCUT2D eigenvalue weighted by Crippen LogP contribution is 2.27. The normalized spacial score (nSPS) is 20.7. The fourth-order valence-corrected chi connectivity index (χ4v) is 4.49. The van der Waals surface area contributed by atoms with E-state index in [1.807, 2.05) is 54.6 Å². The summed E-state index contributed by atoms with van der Waals surface area (Å²) in [6.07, 6.45) is 3.56. The van der Waals surface area contributed by atoms with E-state index < -0.39 is 24.1 Å². The molecule has 2 aromatic carbocycles. The van der Waals surface area contributed by atoms with Crippen LogP contribution in [0, 0.1) is 5.92 Å². The molecule has 0 bridgehead atoms. The molecule has 2 unspecified atom stereocenters. The molecule has 2 aromatic rings. The predicted octanol–water partition coefficient (Wildman–Crippen LogP) is 3.29. The van der Waals surface area contributed by atoms with Crippen molar-refractivity contribution in [3.05, 3.63) is 65.7 Å². The van der Waals surface area contributed by atoms with Crippen molar-refractivity contribution in [3.63, 3.8) is 0 Å². The second kappa shape index (κ2) is 10.9. The van der Waals surface area contributed by atoms with Crippen LogP contribution in [0.3, 0.4) is 0 Å². The largest absolute Gasteiger partial charge is 0.390 e. The number of amides is 2. The number of hydrogen-bond acceptors (Lipinski definition) is 5. The number of anilines is 1. The van der Waals surface area contributed by atoms with Crippen LogP contribution in [0.5, 0.6) is 0 Å². The van der Waals surface area contributed by atoms with Crippen molar-refractivity contribution in [1.82, 2.24) is 5.32 Å². The first-order valence-corrected chi connectivity index (χ1v) is 12.1. The monoisotopic (exact) mass is 463 g/mol. The Balaban J connectivity index is 1.52. The third-order valence-electron chi connectivity index (χ3n) is 6.72. The molecular weight excluding hydrogens is 430 g/mol. The molecule has 180 valence electrons. The molecule has 1 aliphatic heterocycles. The Morgan fingerprint density at radius 3 is 2.53 bits per heavy atom. The number of aliphatic hydroxyl groups is 1. The summed E-state index contributed by atoms with van der Waals surface area (Å²) in [5.41, 5.74) is 3.02. The quantitative estimate of drug-likeness (QED) is 0.659. The third kappa shape index (κ3) is 5.37. The van der Waals surface area contributed by atoms with Crippen LogP contribution in [-0.4, -0.2) is 54.7 Å². The highest BCUT2D eigenvalue weighted by atomic mass is 16.5. The minimum atomic E-state index is -1.10. The molecular formula is C27H33N3O4. The maximum absolute atomic E-state index is 13.3. The molecule has 1 fully saturated rings. The van der Waals surface area contributed by atoms with Crippen LogP contribution in [0.2, 0.25) is 0 Å². The van der Waals surface area contributed by atoms with Gasteiger partial charge in [0.05, 0.1) is 36.1 Å². The van der Waals surface area contributed by atoms with E-state index in [1.54, 1.807) is 14.0 Å². The van der Waals surface area contributed by atoms with Gasteiger partial charge < -0.3 is 20.1 Å². The van der Waals surface area contributed by atoms with Crippen molar-refractivity contribution in [2.24, 2.45) is 10.9 Å². The first-order valence-electron chi connectivity index (χ1n) is 12.1. The fraction of sp³-hybridized carbons (Fsp3) is 0.444. The number of carbonyl (C=O) groups is 2. The molecule has 0 aromatic heterocycles. The van der Waals surface area contributed by atoms with Gasteiger partial charge in [0, 0.05) is 18.2 Å². The lowest BCUT2D eigenvalue weighted by atomic mass is 9.97. The second-order valence-electron chi connectivity index (χ2n) is 9.12. The van der Waals surface area contributed by atoms with E-state index in [-0.39, 0.29) is 18.6 Å². The first kappa shape index (κ1) is 24.1. The van der Waals surface area contributed by atoms with E-state index in [1.165, 1.54) is 11.3 Å². The minimum Gasteiger partial charge on any atom is -0.390 e. The summed E-state index contributed by atoms with van der Waals surface area (Å²) in [6.45, 7) is 1.74. The van der Waals surface area contributed by atoms with E-state index in [0.717, 1.165) is 42.5 Å². The van der Waals surface area contributed by atoms with Crippen molar-refractivity contribution in [2.45, 2.75) is 57.4 Å². The van der Waals surface area contributed by atoms with E-state index in [4.69, 9.17) is 9.73 Å². The van der Waals surface area contributed by atoms with Gasteiger partial charge in [-0.05, 0) is 18.9 Å². The van der Waals surface area contributed by atoms with Gasteiger partial charge in [0.2, 0.25) is 12.1 Å². The topological polar surface area (TPSA) is 91.2 Å². The standard InChI is InChI=1S/C27H33N3O4/c1-18(23(31)17-34-20-13-7-4-8-14-20)26(32)29-25-27(33)30(2)22-16-10-9-15-21(22)24(28-25)19-11-5-3-6-12-19/h3,5-6,9-12,15-16,18,20,23,25,31H,4,7-8,13-14,17H2,1-2H3,(H,29,32)/t18?,23-,25?/m1/s1. The molecule has 0 spiro atoms. The summed E-state index contributed by atoms with van der Waals surface area (Å²) < 4.78 is 5.85. The van der Waals surface area contributed by atoms with Crippen LogP contribution < -0.4 is 10.2 Å². The molecule has 1 heterocycles. The molecule has 2 aliphatic rings. The van der Waals surface area contributed by atoms with Crippen LogP contribution in [0.25, 0.3) is 0 Å². The molecule has 0 radical (unpaired) electrons. The number of benzene rings is 2. The maximum Gasteiger partial charge on any atom is 0.272 e. The van der Waals surface area contributed by atoms with Gasteiger partial charge in [0.25, 0.3) is 5.91 Å². The number of hydrogen-bond donors (Lipinski definition) is 2. The van der Waals surface area contributed by atoms with Gasteiger partial charge in [-0.15, -0.1) is 0 Å². The Morgan fingerprint density at radius 1 is 1.12 bits per heavy atom. The average Bonchev–Trinajstić information content (AvgIpc) is 2.98. The highest BCUT2D eigenvalue weighted by Gasteiger charge is 2.33. The molecule has 3 atom stereocenters. The van der Waals surface area contributed by atoms with Gasteiger partial charge in [-0.3, -0.25) is 9.59 Å². The van der Waals surface area contributed by atoms with E-state index >= 15 is 0 Å². The van der Waals surface area contributed by atoms with Crippen molar-refractivity contribution >= 4 is 23.2 Å². The molecule has 2 amide bonds. The van der Waals surface area contributed by atoms with Crippen molar-refractivity contribution < 1.29 is 19.4 Å². The smallest absolute Gasteiger partial charge is 0.272 e. The zero-order valence-corrected chi connectivity index (χ0v) is 19.8. The number of fused-ring (bicyclic) bond motifs is 1. The molecule has 2 N–H and O–H groups in total. The van der Waals surface area contributed by atoms with Crippen molar-refractivity contribution in [1.29, 1.82) is 0 Å². The summed E-state index contributed by atoms with van der Waals surface area (Å²) in [5, 5.41) is 13.3. The molecule has 4 rings (SSSR count). The van der Waals surface area contributed by atoms with Gasteiger partial charge in [-0.1, -0.05) is 74.7 Å². The molecule has 7 nitrogen and oxygen atoms in total. The Hall–Kier alpha value is -3.03. The molecule has 1 aliphatic carbocycles. The van der Waals surface area contributed by atoms with Crippen molar-refractivity contribution in [3.8, 4) is 0 Å². The van der Waals surface area contributed by atoms with Gasteiger partial charge in [0.15, 0.2) is 0 Å². The zero-order valence-electron chi connectivity index (χ0n) is 19.8. The predicted molar refractivity (Wildman–Crippen MR) is 132 cm³/mol. The highest BCUT2D eigenvalue weighted by molar-refractivity contribution is 6.20. The number of benzodiazepines with no additional fused rings is 1. The first-order chi connectivity index (χ1) is 16.5. The Kier molecular flexibility index (Phi) is 7.75. The molecule has 7 heteroatoms. The number of aliphatic imine (C=N–C) groups is 1. The maximum atomic E-state index is 13.3. The Labute approximate surface area is 200 Å². The number of nitrogens with zero attached hydrogens (tertiary/aromatic N) is 2. The van der Waals surface area contributed by atoms with E-state index in [2.05, 4.69) is 5.32 Å². The number of carbonyl (C=O) groups excluding carboxylic acids is 2. The minimum absolute atomic E-state index is 0.0990. The molecule has 34 heavy (non-hydrogen) atoms. The van der Waals surface area contributed by atoms with Gasteiger partial charge in [-0.25, -0.2) is 4.99 Å². The molecule has 0 saturated heterocycles. The Morgan fingerprint density at radius 2 is 1.79 bits per heavy atom. The van der Waals surface area contributed by atoms with Crippen LogP contribution in [0.15, 0.2) is 59.6 Å². The lowest BCUT2D eigenvalue weighted by Gasteiger charge is -2.26. The molecule has 1 saturated carbocycles. The summed E-state index contributed by atoms with van der Waals surface area (Å²) in [4.78, 5) is 32.5. The summed E-state index contributed by atoms with van der Waals surface area (Å²) >= 11 is 0. The second-order valence-corrected chi connectivity index (χ2v) is 9.12. The zero-order chi connectivity index (χ0) is 24.1. The number of aliphatic hydroxyl groups excluding tert-OH is 1. The van der Waals surface area contributed by atoms with Gasteiger partial charge in [0.1, 0.15) is 0 Å². The number of likely N-dealkylation sites (N-methyl/N-ethyl adjacent to an activating group) is 1.